The summed E-state index contributed by atoms with van der Waals surface area (Å²) in [5.74, 6) is -1.08. The minimum atomic E-state index is -1.06. The Labute approximate surface area is 128 Å². The van der Waals surface area contributed by atoms with Crippen molar-refractivity contribution in [1.29, 1.82) is 0 Å². The molecule has 1 unspecified atom stereocenters. The van der Waals surface area contributed by atoms with Gasteiger partial charge >= 0.3 is 5.97 Å². The number of methoxy groups -OCH3 is 1. The molecule has 4 nitrogen and oxygen atoms in total. The minimum Gasteiger partial charge on any atom is -0.467 e. The van der Waals surface area contributed by atoms with Crippen LogP contribution in [-0.4, -0.2) is 42.3 Å². The number of hydrogen-bond acceptors (Lipinski definition) is 4. The number of nitrogens with zero attached hydrogens (tertiary/aromatic N) is 1. The molecule has 1 aliphatic heterocycles. The molecular weight excluding hydrogens is 297 g/mol. The number of piperidine rings is 1. The van der Waals surface area contributed by atoms with Gasteiger partial charge in [-0.15, -0.1) is 0 Å². The van der Waals surface area contributed by atoms with Gasteiger partial charge in [0.1, 0.15) is 5.82 Å². The molecule has 6 heteroatoms. The largest absolute Gasteiger partial charge is 0.467 e. The number of esters is 1. The average molecular weight is 316 g/mol. The summed E-state index contributed by atoms with van der Waals surface area (Å²) in [7, 11) is 1.27. The molecule has 1 N–H and O–H groups in total. The maximum absolute atomic E-state index is 13.4. The van der Waals surface area contributed by atoms with Crippen LogP contribution < -0.4 is 0 Å². The highest BCUT2D eigenvalue weighted by molar-refractivity contribution is 6.31. The van der Waals surface area contributed by atoms with Gasteiger partial charge in [-0.05, 0) is 43.5 Å². The van der Waals surface area contributed by atoms with Crippen LogP contribution in [0.5, 0.6) is 0 Å². The Balaban J connectivity index is 1.90. The molecular formula is C15H19ClFNO3. The molecule has 0 bridgehead atoms. The van der Waals surface area contributed by atoms with E-state index in [0.717, 1.165) is 18.7 Å². The third kappa shape index (κ3) is 3.93. The summed E-state index contributed by atoms with van der Waals surface area (Å²) >= 11 is 5.95. The molecule has 0 amide bonds. The van der Waals surface area contributed by atoms with E-state index >= 15 is 0 Å². The molecule has 0 spiro atoms. The summed E-state index contributed by atoms with van der Waals surface area (Å²) in [5.41, 5.74) is 0.753. The summed E-state index contributed by atoms with van der Waals surface area (Å²) in [6, 6.07) is 4.79. The van der Waals surface area contributed by atoms with Crippen molar-refractivity contribution < 1.29 is 19.0 Å². The molecule has 0 radical (unpaired) electrons. The monoisotopic (exact) mass is 315 g/mol. The number of likely N-dealkylation sites (tertiary alicyclic amines) is 1. The van der Waals surface area contributed by atoms with Crippen LogP contribution in [0.1, 0.15) is 18.4 Å². The fourth-order valence-electron chi connectivity index (χ4n) is 2.65. The lowest BCUT2D eigenvalue weighted by molar-refractivity contribution is -0.154. The van der Waals surface area contributed by atoms with Gasteiger partial charge in [0, 0.05) is 6.54 Å². The molecule has 1 aliphatic rings. The third-order valence-corrected chi connectivity index (χ3v) is 4.37. The molecule has 1 heterocycles. The maximum Gasteiger partial charge on any atom is 0.334 e. The van der Waals surface area contributed by atoms with Gasteiger partial charge in [0.15, 0.2) is 6.10 Å². The molecule has 1 aromatic rings. The number of rotatable bonds is 4. The zero-order valence-corrected chi connectivity index (χ0v) is 12.6. The predicted octanol–water partition coefficient (Wildman–Crippen LogP) is 2.22. The zero-order chi connectivity index (χ0) is 15.4. The number of hydrogen-bond donors (Lipinski definition) is 1. The Hall–Kier alpha value is -1.17. The number of aliphatic hydroxyl groups is 1. The van der Waals surface area contributed by atoms with E-state index in [9.17, 15) is 14.3 Å². The molecule has 0 aliphatic carbocycles. The Morgan fingerprint density at radius 1 is 1.52 bits per heavy atom. The van der Waals surface area contributed by atoms with Crippen molar-refractivity contribution in [3.05, 3.63) is 34.6 Å². The maximum atomic E-state index is 13.4. The van der Waals surface area contributed by atoms with Crippen LogP contribution in [-0.2, 0) is 16.1 Å². The van der Waals surface area contributed by atoms with Crippen molar-refractivity contribution in [3.63, 3.8) is 0 Å². The highest BCUT2D eigenvalue weighted by Gasteiger charge is 2.30. The molecule has 1 saturated heterocycles. The summed E-state index contributed by atoms with van der Waals surface area (Å²) in [6.45, 7) is 2.02. The first kappa shape index (κ1) is 16.2. The Bertz CT molecular complexity index is 504. The molecule has 1 aromatic carbocycles. The lowest BCUT2D eigenvalue weighted by Crippen LogP contribution is -2.40. The van der Waals surface area contributed by atoms with E-state index in [1.807, 2.05) is 0 Å². The second-order valence-electron chi connectivity index (χ2n) is 5.29. The second kappa shape index (κ2) is 7.20. The topological polar surface area (TPSA) is 49.8 Å². The van der Waals surface area contributed by atoms with Crippen molar-refractivity contribution in [1.82, 2.24) is 4.90 Å². The van der Waals surface area contributed by atoms with Gasteiger partial charge in [0.05, 0.1) is 12.1 Å². The number of carbonyl (C=O) groups is 1. The standard InChI is InChI=1S/C15H19ClFNO3/c1-21-15(20)14(19)10-5-7-18(8-6-10)9-11-3-2-4-12(17)13(11)16/h2-4,10,14,19H,5-9H2,1H3. The molecule has 0 saturated carbocycles. The lowest BCUT2D eigenvalue weighted by atomic mass is 9.91. The van der Waals surface area contributed by atoms with Crippen LogP contribution in [0.2, 0.25) is 5.02 Å². The lowest BCUT2D eigenvalue weighted by Gasteiger charge is -2.33. The highest BCUT2D eigenvalue weighted by atomic mass is 35.5. The number of aliphatic hydroxyl groups excluding tert-OH is 1. The van der Waals surface area contributed by atoms with E-state index < -0.39 is 17.9 Å². The van der Waals surface area contributed by atoms with E-state index in [2.05, 4.69) is 9.64 Å². The van der Waals surface area contributed by atoms with Crippen LogP contribution in [0.25, 0.3) is 0 Å². The van der Waals surface area contributed by atoms with Crippen LogP contribution in [0, 0.1) is 11.7 Å². The van der Waals surface area contributed by atoms with E-state index in [1.165, 1.54) is 13.2 Å². The normalized spacial score (nSPS) is 18.5. The molecule has 1 fully saturated rings. The quantitative estimate of drug-likeness (QED) is 0.866. The summed E-state index contributed by atoms with van der Waals surface area (Å²) < 4.78 is 17.9. The van der Waals surface area contributed by atoms with Gasteiger partial charge in [0.25, 0.3) is 0 Å². The smallest absolute Gasteiger partial charge is 0.334 e. The van der Waals surface area contributed by atoms with Crippen molar-refractivity contribution in [2.75, 3.05) is 20.2 Å². The molecule has 1 atom stereocenters. The average Bonchev–Trinajstić information content (AvgIpc) is 2.51. The van der Waals surface area contributed by atoms with Gasteiger partial charge in [-0.3, -0.25) is 4.90 Å². The molecule has 0 aromatic heterocycles. The fraction of sp³-hybridized carbons (Fsp3) is 0.533. The van der Waals surface area contributed by atoms with Crippen LogP contribution in [0.15, 0.2) is 18.2 Å². The Kier molecular flexibility index (Phi) is 5.56. The minimum absolute atomic E-state index is 0.0864. The van der Waals surface area contributed by atoms with Gasteiger partial charge in [-0.2, -0.15) is 0 Å². The van der Waals surface area contributed by atoms with Crippen LogP contribution in [0.3, 0.4) is 0 Å². The van der Waals surface area contributed by atoms with E-state index in [0.29, 0.717) is 19.4 Å². The first-order chi connectivity index (χ1) is 10.0. The van der Waals surface area contributed by atoms with E-state index in [4.69, 9.17) is 11.6 Å². The van der Waals surface area contributed by atoms with E-state index in [1.54, 1.807) is 12.1 Å². The molecule has 2 rings (SSSR count). The SMILES string of the molecule is COC(=O)C(O)C1CCN(Cc2cccc(F)c2Cl)CC1. The highest BCUT2D eigenvalue weighted by Crippen LogP contribution is 2.25. The summed E-state index contributed by atoms with van der Waals surface area (Å²) in [6.07, 6.45) is 0.335. The summed E-state index contributed by atoms with van der Waals surface area (Å²) in [4.78, 5) is 13.5. The van der Waals surface area contributed by atoms with E-state index in [-0.39, 0.29) is 10.9 Å². The Morgan fingerprint density at radius 3 is 2.81 bits per heavy atom. The third-order valence-electron chi connectivity index (χ3n) is 3.95. The number of carbonyl (C=O) groups excluding carboxylic acids is 1. The van der Waals surface area contributed by atoms with Crippen molar-refractivity contribution >= 4 is 17.6 Å². The van der Waals surface area contributed by atoms with Crippen molar-refractivity contribution in [3.8, 4) is 0 Å². The van der Waals surface area contributed by atoms with Gasteiger partial charge in [-0.25, -0.2) is 9.18 Å². The first-order valence-electron chi connectivity index (χ1n) is 6.94. The first-order valence-corrected chi connectivity index (χ1v) is 7.32. The second-order valence-corrected chi connectivity index (χ2v) is 5.67. The van der Waals surface area contributed by atoms with Gasteiger partial charge in [0.2, 0.25) is 0 Å². The number of halogens is 2. The van der Waals surface area contributed by atoms with Crippen LogP contribution >= 0.6 is 11.6 Å². The predicted molar refractivity (Wildman–Crippen MR) is 77.4 cm³/mol. The summed E-state index contributed by atoms with van der Waals surface area (Å²) in [5, 5.41) is 10.00. The molecule has 116 valence electrons. The van der Waals surface area contributed by atoms with Gasteiger partial charge in [-0.1, -0.05) is 23.7 Å². The Morgan fingerprint density at radius 2 is 2.19 bits per heavy atom. The number of ether oxygens (including phenoxy) is 1. The fourth-order valence-corrected chi connectivity index (χ4v) is 2.84. The zero-order valence-electron chi connectivity index (χ0n) is 11.9. The van der Waals surface area contributed by atoms with Gasteiger partial charge < -0.3 is 9.84 Å². The number of benzene rings is 1. The van der Waals surface area contributed by atoms with Crippen molar-refractivity contribution in [2.24, 2.45) is 5.92 Å². The molecule has 21 heavy (non-hydrogen) atoms. The van der Waals surface area contributed by atoms with Crippen LogP contribution in [0.4, 0.5) is 4.39 Å². The van der Waals surface area contributed by atoms with Crippen molar-refractivity contribution in [2.45, 2.75) is 25.5 Å².